The van der Waals surface area contributed by atoms with Gasteiger partial charge in [-0.2, -0.15) is 0 Å². The molecule has 0 fully saturated rings. The molecule has 0 aliphatic carbocycles. The average molecular weight is 324 g/mol. The number of anilines is 2. The highest BCUT2D eigenvalue weighted by Crippen LogP contribution is 2.18. The van der Waals surface area contributed by atoms with Crippen molar-refractivity contribution in [2.24, 2.45) is 0 Å². The van der Waals surface area contributed by atoms with Gasteiger partial charge in [0.05, 0.1) is 10.4 Å². The summed E-state index contributed by atoms with van der Waals surface area (Å²) in [5, 5.41) is 18.1. The van der Waals surface area contributed by atoms with Crippen molar-refractivity contribution in [1.29, 1.82) is 0 Å². The number of nitro groups is 1. The van der Waals surface area contributed by atoms with E-state index in [9.17, 15) is 10.1 Å². The first-order valence-electron chi connectivity index (χ1n) is 6.79. The van der Waals surface area contributed by atoms with E-state index in [2.05, 4.69) is 15.6 Å². The predicted molar refractivity (Wildman–Crippen MR) is 94.7 cm³/mol. The highest BCUT2D eigenvalue weighted by molar-refractivity contribution is 7.80. The van der Waals surface area contributed by atoms with Crippen LogP contribution >= 0.6 is 12.2 Å². The van der Waals surface area contributed by atoms with Crippen molar-refractivity contribution in [2.75, 3.05) is 10.6 Å². The number of nitrogens with zero attached hydrogens (tertiary/aromatic N) is 2. The summed E-state index contributed by atoms with van der Waals surface area (Å²) in [5.74, 6) is 0. The Balaban J connectivity index is 1.69. The Kier molecular flexibility index (Phi) is 4.11. The zero-order valence-corrected chi connectivity index (χ0v) is 12.7. The number of nitrogens with one attached hydrogen (secondary N) is 2. The fourth-order valence-corrected chi connectivity index (χ4v) is 2.35. The SMILES string of the molecule is O=[N+]([O-])c1ccc(NC(=S)Nc2ccc3ncccc3c2)cc1. The molecule has 1 heterocycles. The number of benzene rings is 2. The van der Waals surface area contributed by atoms with E-state index in [0.717, 1.165) is 16.6 Å². The van der Waals surface area contributed by atoms with Crippen LogP contribution in [0, 0.1) is 10.1 Å². The smallest absolute Gasteiger partial charge is 0.269 e. The van der Waals surface area contributed by atoms with Crippen LogP contribution in [0.25, 0.3) is 10.9 Å². The largest absolute Gasteiger partial charge is 0.332 e. The molecule has 0 aliphatic heterocycles. The lowest BCUT2D eigenvalue weighted by Gasteiger charge is -2.11. The van der Waals surface area contributed by atoms with Gasteiger partial charge in [-0.25, -0.2) is 0 Å². The van der Waals surface area contributed by atoms with Gasteiger partial charge in [-0.3, -0.25) is 15.1 Å². The minimum absolute atomic E-state index is 0.0384. The number of rotatable bonds is 3. The maximum atomic E-state index is 10.6. The fourth-order valence-electron chi connectivity index (χ4n) is 2.11. The van der Waals surface area contributed by atoms with Gasteiger partial charge in [0.1, 0.15) is 0 Å². The second-order valence-corrected chi connectivity index (χ2v) is 5.20. The van der Waals surface area contributed by atoms with Crippen LogP contribution in [-0.4, -0.2) is 15.0 Å². The van der Waals surface area contributed by atoms with Gasteiger partial charge in [-0.1, -0.05) is 6.07 Å². The first-order valence-corrected chi connectivity index (χ1v) is 7.20. The molecule has 114 valence electrons. The number of pyridine rings is 1. The van der Waals surface area contributed by atoms with Crippen molar-refractivity contribution < 1.29 is 4.92 Å². The molecule has 2 aromatic carbocycles. The van der Waals surface area contributed by atoms with Crippen LogP contribution in [0.15, 0.2) is 60.8 Å². The number of hydrogen-bond acceptors (Lipinski definition) is 4. The van der Waals surface area contributed by atoms with Crippen LogP contribution in [0.4, 0.5) is 17.1 Å². The third-order valence-electron chi connectivity index (χ3n) is 3.20. The van der Waals surface area contributed by atoms with Gasteiger partial charge in [0, 0.05) is 35.1 Å². The first-order chi connectivity index (χ1) is 11.1. The maximum Gasteiger partial charge on any atom is 0.269 e. The van der Waals surface area contributed by atoms with Crippen LogP contribution in [0.3, 0.4) is 0 Å². The van der Waals surface area contributed by atoms with Crippen molar-refractivity contribution in [3.8, 4) is 0 Å². The van der Waals surface area contributed by atoms with Gasteiger partial charge in [0.25, 0.3) is 5.69 Å². The molecule has 1 aromatic heterocycles. The highest BCUT2D eigenvalue weighted by Gasteiger charge is 2.05. The topological polar surface area (TPSA) is 80.1 Å². The fraction of sp³-hybridized carbons (Fsp3) is 0. The van der Waals surface area contributed by atoms with E-state index >= 15 is 0 Å². The van der Waals surface area contributed by atoms with Crippen molar-refractivity contribution in [3.05, 3.63) is 70.9 Å². The van der Waals surface area contributed by atoms with Gasteiger partial charge < -0.3 is 10.6 Å². The van der Waals surface area contributed by atoms with Gasteiger partial charge in [0.2, 0.25) is 0 Å². The Morgan fingerprint density at radius 2 is 1.74 bits per heavy atom. The molecule has 0 radical (unpaired) electrons. The van der Waals surface area contributed by atoms with Crippen molar-refractivity contribution >= 4 is 45.3 Å². The zero-order valence-electron chi connectivity index (χ0n) is 11.9. The molecule has 0 unspecified atom stereocenters. The number of thiocarbonyl (C=S) groups is 1. The molecule has 0 atom stereocenters. The lowest BCUT2D eigenvalue weighted by Crippen LogP contribution is -2.18. The highest BCUT2D eigenvalue weighted by atomic mass is 32.1. The maximum absolute atomic E-state index is 10.6. The Morgan fingerprint density at radius 1 is 1.04 bits per heavy atom. The Bertz CT molecular complexity index is 881. The van der Waals surface area contributed by atoms with Crippen molar-refractivity contribution in [1.82, 2.24) is 4.98 Å². The van der Waals surface area contributed by atoms with Crippen molar-refractivity contribution in [2.45, 2.75) is 0 Å². The minimum Gasteiger partial charge on any atom is -0.332 e. The van der Waals surface area contributed by atoms with E-state index in [0.29, 0.717) is 10.8 Å². The summed E-state index contributed by atoms with van der Waals surface area (Å²) in [4.78, 5) is 14.4. The number of non-ortho nitro benzene ring substituents is 1. The van der Waals surface area contributed by atoms with E-state index in [4.69, 9.17) is 12.2 Å². The third kappa shape index (κ3) is 3.58. The summed E-state index contributed by atoms with van der Waals surface area (Å²) < 4.78 is 0. The lowest BCUT2D eigenvalue weighted by atomic mass is 10.2. The molecule has 3 aromatic rings. The normalized spacial score (nSPS) is 10.3. The summed E-state index contributed by atoms with van der Waals surface area (Å²) in [6.45, 7) is 0. The third-order valence-corrected chi connectivity index (χ3v) is 3.40. The molecule has 6 nitrogen and oxygen atoms in total. The number of nitro benzene ring substituents is 1. The molecule has 2 N–H and O–H groups in total. The summed E-state index contributed by atoms with van der Waals surface area (Å²) in [7, 11) is 0. The molecule has 0 saturated carbocycles. The van der Waals surface area contributed by atoms with E-state index in [1.54, 1.807) is 18.3 Å². The van der Waals surface area contributed by atoms with E-state index in [1.807, 2.05) is 30.3 Å². The number of hydrogen-bond donors (Lipinski definition) is 2. The predicted octanol–water partition coefficient (Wildman–Crippen LogP) is 3.95. The lowest BCUT2D eigenvalue weighted by molar-refractivity contribution is -0.384. The van der Waals surface area contributed by atoms with Crippen LogP contribution < -0.4 is 10.6 Å². The summed E-state index contributed by atoms with van der Waals surface area (Å²) in [5.41, 5.74) is 2.46. The van der Waals surface area contributed by atoms with Gasteiger partial charge in [-0.05, 0) is 48.6 Å². The molecule has 23 heavy (non-hydrogen) atoms. The van der Waals surface area contributed by atoms with Crippen molar-refractivity contribution in [3.63, 3.8) is 0 Å². The quantitative estimate of drug-likeness (QED) is 0.431. The summed E-state index contributed by atoms with van der Waals surface area (Å²) in [6.07, 6.45) is 1.75. The molecular weight excluding hydrogens is 312 g/mol. The molecule has 0 aliphatic rings. The molecular formula is C16H12N4O2S. The Labute approximate surface area is 137 Å². The molecule has 3 rings (SSSR count). The van der Waals surface area contributed by atoms with Gasteiger partial charge in [0.15, 0.2) is 5.11 Å². The van der Waals surface area contributed by atoms with Crippen LogP contribution in [0.2, 0.25) is 0 Å². The van der Waals surface area contributed by atoms with Gasteiger partial charge >= 0.3 is 0 Å². The van der Waals surface area contributed by atoms with Crippen LogP contribution in [0.1, 0.15) is 0 Å². The zero-order chi connectivity index (χ0) is 16.2. The first kappa shape index (κ1) is 14.9. The second kappa shape index (κ2) is 6.37. The average Bonchev–Trinajstić information content (AvgIpc) is 2.55. The molecule has 0 saturated heterocycles. The second-order valence-electron chi connectivity index (χ2n) is 4.79. The summed E-state index contributed by atoms with van der Waals surface area (Å²) in [6, 6.07) is 15.7. The molecule has 0 bridgehead atoms. The number of aromatic nitrogens is 1. The standard InChI is InChI=1S/C16H12N4O2S/c21-20(22)14-6-3-12(4-7-14)18-16(23)19-13-5-8-15-11(10-13)2-1-9-17-15/h1-10H,(H2,18,19,23). The summed E-state index contributed by atoms with van der Waals surface area (Å²) >= 11 is 5.25. The van der Waals surface area contributed by atoms with Crippen LogP contribution in [0.5, 0.6) is 0 Å². The van der Waals surface area contributed by atoms with Crippen LogP contribution in [-0.2, 0) is 0 Å². The molecule has 7 heteroatoms. The Morgan fingerprint density at radius 3 is 2.48 bits per heavy atom. The monoisotopic (exact) mass is 324 g/mol. The molecule has 0 spiro atoms. The van der Waals surface area contributed by atoms with Gasteiger partial charge in [-0.15, -0.1) is 0 Å². The van der Waals surface area contributed by atoms with E-state index < -0.39 is 4.92 Å². The van der Waals surface area contributed by atoms with E-state index in [-0.39, 0.29) is 5.69 Å². The molecule has 0 amide bonds. The number of fused-ring (bicyclic) bond motifs is 1. The minimum atomic E-state index is -0.441. The Hall–Kier alpha value is -3.06. The van der Waals surface area contributed by atoms with E-state index in [1.165, 1.54) is 12.1 Å².